The van der Waals surface area contributed by atoms with Gasteiger partial charge in [0.15, 0.2) is 0 Å². The molecule has 1 saturated heterocycles. The van der Waals surface area contributed by atoms with Crippen molar-refractivity contribution in [2.45, 2.75) is 71.8 Å². The van der Waals surface area contributed by atoms with E-state index in [4.69, 9.17) is 0 Å². The van der Waals surface area contributed by atoms with Gasteiger partial charge in [-0.05, 0) is 38.0 Å². The van der Waals surface area contributed by atoms with Crippen molar-refractivity contribution in [3.8, 4) is 0 Å². The van der Waals surface area contributed by atoms with E-state index >= 15 is 0 Å². The molecule has 122 valence electrons. The summed E-state index contributed by atoms with van der Waals surface area (Å²) in [5.74, 6) is 2.12. The van der Waals surface area contributed by atoms with E-state index in [9.17, 15) is 4.79 Å². The predicted molar refractivity (Wildman–Crippen MR) is 91.5 cm³/mol. The molecule has 1 aromatic rings. The first-order valence-corrected chi connectivity index (χ1v) is 9.59. The number of carbonyl (C=O) groups is 1. The van der Waals surface area contributed by atoms with Crippen molar-refractivity contribution in [3.63, 3.8) is 0 Å². The molecule has 3 nitrogen and oxygen atoms in total. The van der Waals surface area contributed by atoms with Crippen LogP contribution in [0.4, 0.5) is 0 Å². The molecule has 0 aromatic carbocycles. The van der Waals surface area contributed by atoms with Gasteiger partial charge < -0.3 is 4.90 Å². The average molecular weight is 321 g/mol. The van der Waals surface area contributed by atoms with E-state index < -0.39 is 0 Å². The molecule has 3 atom stereocenters. The fourth-order valence-electron chi connectivity index (χ4n) is 4.16. The summed E-state index contributed by atoms with van der Waals surface area (Å²) in [5, 5.41) is 1.09. The van der Waals surface area contributed by atoms with Gasteiger partial charge in [-0.15, -0.1) is 11.3 Å². The van der Waals surface area contributed by atoms with Crippen molar-refractivity contribution >= 4 is 17.2 Å². The van der Waals surface area contributed by atoms with Crippen LogP contribution in [-0.2, 0) is 0 Å². The van der Waals surface area contributed by atoms with Crippen molar-refractivity contribution < 1.29 is 4.79 Å². The Hall–Kier alpha value is -0.900. The standard InChI is InChI=1S/C18H28N2OS/c1-11(2)17-19-13(4)16(22-17)18(21)20-10-9-12(3)14-7-5-6-8-15(14)20/h11-12,14-15H,5-10H2,1-4H3/t12-,14+,15+/m1/s1. The highest BCUT2D eigenvalue weighted by Crippen LogP contribution is 2.40. The molecule has 0 spiro atoms. The molecule has 2 fully saturated rings. The lowest BCUT2D eigenvalue weighted by Crippen LogP contribution is -2.52. The molecule has 1 aliphatic carbocycles. The smallest absolute Gasteiger partial charge is 0.266 e. The summed E-state index contributed by atoms with van der Waals surface area (Å²) in [5.41, 5.74) is 0.921. The Bertz CT molecular complexity index is 551. The predicted octanol–water partition coefficient (Wildman–Crippen LogP) is 4.62. The number of rotatable bonds is 2. The summed E-state index contributed by atoms with van der Waals surface area (Å²) in [6.45, 7) is 9.58. The lowest BCUT2D eigenvalue weighted by atomic mass is 9.72. The van der Waals surface area contributed by atoms with Gasteiger partial charge in [0, 0.05) is 18.5 Å². The molecule has 2 heterocycles. The first-order valence-electron chi connectivity index (χ1n) is 8.77. The Morgan fingerprint density at radius 1 is 1.27 bits per heavy atom. The van der Waals surface area contributed by atoms with E-state index in [0.717, 1.165) is 34.5 Å². The van der Waals surface area contributed by atoms with E-state index in [2.05, 4.69) is 30.7 Å². The third kappa shape index (κ3) is 2.82. The maximum atomic E-state index is 13.1. The number of hydrogen-bond acceptors (Lipinski definition) is 3. The molecule has 2 aliphatic rings. The maximum absolute atomic E-state index is 13.1. The van der Waals surface area contributed by atoms with Crippen LogP contribution in [0, 0.1) is 18.8 Å². The number of hydrogen-bond donors (Lipinski definition) is 0. The minimum absolute atomic E-state index is 0.241. The van der Waals surface area contributed by atoms with Crippen LogP contribution in [0.2, 0.25) is 0 Å². The molecular formula is C18H28N2OS. The number of aryl methyl sites for hydroxylation is 1. The highest BCUT2D eigenvalue weighted by atomic mass is 32.1. The van der Waals surface area contributed by atoms with Gasteiger partial charge in [-0.3, -0.25) is 4.79 Å². The summed E-state index contributed by atoms with van der Waals surface area (Å²) in [7, 11) is 0. The highest BCUT2D eigenvalue weighted by Gasteiger charge is 2.40. The second-order valence-electron chi connectivity index (χ2n) is 7.40. The van der Waals surface area contributed by atoms with Crippen molar-refractivity contribution in [3.05, 3.63) is 15.6 Å². The van der Waals surface area contributed by atoms with E-state index in [1.807, 2.05) is 6.92 Å². The van der Waals surface area contributed by atoms with Gasteiger partial charge in [-0.2, -0.15) is 0 Å². The third-order valence-electron chi connectivity index (χ3n) is 5.50. The van der Waals surface area contributed by atoms with Crippen LogP contribution in [0.1, 0.15) is 79.2 Å². The van der Waals surface area contributed by atoms with Crippen molar-refractivity contribution in [2.75, 3.05) is 6.54 Å². The van der Waals surface area contributed by atoms with Gasteiger partial charge in [0.2, 0.25) is 0 Å². The van der Waals surface area contributed by atoms with E-state index in [1.54, 1.807) is 11.3 Å². The van der Waals surface area contributed by atoms with Crippen molar-refractivity contribution in [2.24, 2.45) is 11.8 Å². The van der Waals surface area contributed by atoms with Crippen LogP contribution in [0.5, 0.6) is 0 Å². The maximum Gasteiger partial charge on any atom is 0.266 e. The monoisotopic (exact) mass is 320 g/mol. The minimum Gasteiger partial charge on any atom is -0.335 e. The van der Waals surface area contributed by atoms with Gasteiger partial charge >= 0.3 is 0 Å². The number of aromatic nitrogens is 1. The first kappa shape index (κ1) is 16.0. The number of amides is 1. The quantitative estimate of drug-likeness (QED) is 0.797. The van der Waals surface area contributed by atoms with Gasteiger partial charge in [-0.25, -0.2) is 4.98 Å². The fourth-order valence-corrected chi connectivity index (χ4v) is 5.18. The second-order valence-corrected chi connectivity index (χ2v) is 8.43. The lowest BCUT2D eigenvalue weighted by Gasteiger charge is -2.47. The molecule has 0 unspecified atom stereocenters. The summed E-state index contributed by atoms with van der Waals surface area (Å²) < 4.78 is 0. The number of likely N-dealkylation sites (tertiary alicyclic amines) is 1. The van der Waals surface area contributed by atoms with Crippen molar-refractivity contribution in [1.29, 1.82) is 0 Å². The highest BCUT2D eigenvalue weighted by molar-refractivity contribution is 7.13. The van der Waals surface area contributed by atoms with E-state index in [1.165, 1.54) is 25.7 Å². The molecule has 1 amide bonds. The molecule has 1 saturated carbocycles. The Labute approximate surface area is 138 Å². The number of carbonyl (C=O) groups excluding carboxylic acids is 1. The van der Waals surface area contributed by atoms with E-state index in [-0.39, 0.29) is 5.91 Å². The molecule has 0 bridgehead atoms. The van der Waals surface area contributed by atoms with Gasteiger partial charge in [0.1, 0.15) is 4.88 Å². The summed E-state index contributed by atoms with van der Waals surface area (Å²) in [6.07, 6.45) is 6.26. The number of fused-ring (bicyclic) bond motifs is 1. The molecule has 4 heteroatoms. The summed E-state index contributed by atoms with van der Waals surface area (Å²) in [6, 6.07) is 0.467. The van der Waals surface area contributed by atoms with Gasteiger partial charge in [-0.1, -0.05) is 33.6 Å². The molecule has 22 heavy (non-hydrogen) atoms. The largest absolute Gasteiger partial charge is 0.335 e. The molecule has 1 aliphatic heterocycles. The molecule has 0 N–H and O–H groups in total. The van der Waals surface area contributed by atoms with Gasteiger partial charge in [0.05, 0.1) is 10.7 Å². The third-order valence-corrected chi connectivity index (χ3v) is 6.95. The second kappa shape index (κ2) is 6.31. The first-order chi connectivity index (χ1) is 10.5. The zero-order valence-electron chi connectivity index (χ0n) is 14.3. The zero-order valence-corrected chi connectivity index (χ0v) is 15.1. The molecule has 0 radical (unpaired) electrons. The Morgan fingerprint density at radius 3 is 2.68 bits per heavy atom. The Kier molecular flexibility index (Phi) is 4.58. The van der Waals surface area contributed by atoms with Crippen LogP contribution in [-0.4, -0.2) is 28.4 Å². The normalized spacial score (nSPS) is 28.8. The van der Waals surface area contributed by atoms with Crippen molar-refractivity contribution in [1.82, 2.24) is 9.88 Å². The summed E-state index contributed by atoms with van der Waals surface area (Å²) >= 11 is 1.61. The van der Waals surface area contributed by atoms with Crippen LogP contribution < -0.4 is 0 Å². The fraction of sp³-hybridized carbons (Fsp3) is 0.778. The molecule has 1 aromatic heterocycles. The SMILES string of the molecule is Cc1nc(C(C)C)sc1C(=O)N1CC[C@@H](C)[C@@H]2CCCC[C@@H]21. The van der Waals surface area contributed by atoms with Crippen LogP contribution >= 0.6 is 11.3 Å². The average Bonchev–Trinajstić information content (AvgIpc) is 2.90. The van der Waals surface area contributed by atoms with Crippen LogP contribution in [0.3, 0.4) is 0 Å². The number of piperidine rings is 1. The van der Waals surface area contributed by atoms with Crippen LogP contribution in [0.25, 0.3) is 0 Å². The lowest BCUT2D eigenvalue weighted by molar-refractivity contribution is 0.0221. The van der Waals surface area contributed by atoms with Crippen LogP contribution in [0.15, 0.2) is 0 Å². The number of thiazole rings is 1. The molecule has 3 rings (SSSR count). The Balaban J connectivity index is 1.85. The molecular weight excluding hydrogens is 292 g/mol. The zero-order chi connectivity index (χ0) is 15.9. The van der Waals surface area contributed by atoms with E-state index in [0.29, 0.717) is 17.9 Å². The van der Waals surface area contributed by atoms with Gasteiger partial charge in [0.25, 0.3) is 5.91 Å². The number of nitrogens with zero attached hydrogens (tertiary/aromatic N) is 2. The summed E-state index contributed by atoms with van der Waals surface area (Å²) in [4.78, 5) is 20.8. The Morgan fingerprint density at radius 2 is 2.00 bits per heavy atom. The topological polar surface area (TPSA) is 33.2 Å². The minimum atomic E-state index is 0.241.